The molecule has 0 saturated heterocycles. The van der Waals surface area contributed by atoms with Gasteiger partial charge in [0, 0.05) is 0 Å². The molecule has 0 bridgehead atoms. The zero-order chi connectivity index (χ0) is 13.9. The van der Waals surface area contributed by atoms with Crippen LogP contribution < -0.4 is 9.13 Å². The largest absolute Gasteiger partial charge is 0.354 e. The van der Waals surface area contributed by atoms with Gasteiger partial charge in [0.2, 0.25) is 12.7 Å². The molecule has 5 heteroatoms. The van der Waals surface area contributed by atoms with Crippen molar-refractivity contribution in [2.24, 2.45) is 14.1 Å². The van der Waals surface area contributed by atoms with Gasteiger partial charge < -0.3 is 18.3 Å². The van der Waals surface area contributed by atoms with Crippen LogP contribution in [0.5, 0.6) is 0 Å². The van der Waals surface area contributed by atoms with Gasteiger partial charge in [-0.2, -0.15) is 0 Å². The van der Waals surface area contributed by atoms with E-state index in [-0.39, 0.29) is 0 Å². The second kappa shape index (κ2) is 5.28. The Hall–Kier alpha value is -2.43. The fourth-order valence-corrected chi connectivity index (χ4v) is 2.13. The molecular formula is C15H17N5. The maximum atomic E-state index is 4.68. The van der Waals surface area contributed by atoms with Crippen molar-refractivity contribution in [2.45, 2.75) is 13.1 Å². The summed E-state index contributed by atoms with van der Waals surface area (Å²) in [6, 6.07) is 6.12. The number of hydrogen-bond acceptors (Lipinski definition) is 1. The first kappa shape index (κ1) is 12.6. The Morgan fingerprint density at radius 3 is 2.70 bits per heavy atom. The second-order valence-corrected chi connectivity index (χ2v) is 4.89. The summed E-state index contributed by atoms with van der Waals surface area (Å²) < 4.78 is 7.79. The quantitative estimate of drug-likeness (QED) is 0.484. The normalized spacial score (nSPS) is 10.9. The molecule has 0 saturated carbocycles. The summed E-state index contributed by atoms with van der Waals surface area (Å²) in [6.45, 7) is 1.47. The molecule has 0 N–H and O–H groups in total. The van der Waals surface area contributed by atoms with Gasteiger partial charge in [0.05, 0.1) is 25.5 Å². The van der Waals surface area contributed by atoms with Gasteiger partial charge in [0.15, 0.2) is 0 Å². The van der Waals surface area contributed by atoms with E-state index < -0.39 is 0 Å². The van der Waals surface area contributed by atoms with Gasteiger partial charge in [-0.25, -0.2) is 4.98 Å². The molecule has 3 aromatic heterocycles. The van der Waals surface area contributed by atoms with E-state index in [0.29, 0.717) is 0 Å². The number of imidazole rings is 2. The SMILES string of the molecule is Cn1[c-][n+](Cc2cccc(Cn3[c-][n+](C)cc3)n2)cc1. The molecule has 0 spiro atoms. The standard InChI is InChI=1S/C15H17N5/c1-17-6-8-19(12-17)10-14-4-3-5-15(16-14)11-20-9-7-18(2)13-20/h3-9H,10-11H2,1-2H3. The molecule has 0 unspecified atom stereocenters. The first-order valence-corrected chi connectivity index (χ1v) is 6.52. The van der Waals surface area contributed by atoms with Gasteiger partial charge >= 0.3 is 0 Å². The summed E-state index contributed by atoms with van der Waals surface area (Å²) in [6.07, 6.45) is 14.3. The highest BCUT2D eigenvalue weighted by atomic mass is 15.1. The van der Waals surface area contributed by atoms with Crippen molar-refractivity contribution in [3.63, 3.8) is 0 Å². The number of hydrogen-bond donors (Lipinski definition) is 0. The van der Waals surface area contributed by atoms with E-state index >= 15 is 0 Å². The van der Waals surface area contributed by atoms with Gasteiger partial charge in [-0.3, -0.25) is 0 Å². The lowest BCUT2D eigenvalue weighted by Crippen LogP contribution is -2.32. The predicted molar refractivity (Wildman–Crippen MR) is 71.3 cm³/mol. The fraction of sp³-hybridized carbons (Fsp3) is 0.267. The summed E-state index contributed by atoms with van der Waals surface area (Å²) in [5, 5.41) is 0. The van der Waals surface area contributed by atoms with Gasteiger partial charge in [0.1, 0.15) is 13.1 Å². The zero-order valence-electron chi connectivity index (χ0n) is 11.7. The van der Waals surface area contributed by atoms with Crippen LogP contribution in [0.3, 0.4) is 0 Å². The molecule has 0 radical (unpaired) electrons. The van der Waals surface area contributed by atoms with Crippen molar-refractivity contribution in [1.82, 2.24) is 14.1 Å². The summed E-state index contributed by atoms with van der Waals surface area (Å²) in [5.74, 6) is 0. The molecule has 3 rings (SSSR count). The lowest BCUT2D eigenvalue weighted by atomic mass is 10.3. The first-order valence-electron chi connectivity index (χ1n) is 6.52. The van der Waals surface area contributed by atoms with E-state index in [1.54, 1.807) is 0 Å². The molecule has 0 fully saturated rings. The minimum Gasteiger partial charge on any atom is -0.354 e. The lowest BCUT2D eigenvalue weighted by Gasteiger charge is -2.04. The van der Waals surface area contributed by atoms with Gasteiger partial charge in [0.25, 0.3) is 0 Å². The van der Waals surface area contributed by atoms with Gasteiger partial charge in [-0.05, 0) is 36.9 Å². The highest BCUT2D eigenvalue weighted by Crippen LogP contribution is 2.01. The molecule has 0 aliphatic carbocycles. The van der Waals surface area contributed by atoms with Crippen LogP contribution in [0.25, 0.3) is 0 Å². The van der Waals surface area contributed by atoms with Crippen LogP contribution in [-0.2, 0) is 27.2 Å². The number of aryl methyl sites for hydroxylation is 2. The van der Waals surface area contributed by atoms with Crippen molar-refractivity contribution in [3.8, 4) is 0 Å². The summed E-state index contributed by atoms with van der Waals surface area (Å²) in [4.78, 5) is 4.68. The predicted octanol–water partition coefficient (Wildman–Crippen LogP) is 0.0306. The zero-order valence-corrected chi connectivity index (χ0v) is 11.7. The minimum absolute atomic E-state index is 0.734. The average molecular weight is 267 g/mol. The Bertz CT molecular complexity index is 653. The third kappa shape index (κ3) is 2.93. The number of rotatable bonds is 4. The molecule has 3 aromatic rings. The first-order chi connectivity index (χ1) is 9.69. The smallest absolute Gasteiger partial charge is 0.204 e. The molecule has 0 aliphatic rings. The Morgan fingerprint density at radius 2 is 2.00 bits per heavy atom. The van der Waals surface area contributed by atoms with Crippen LogP contribution in [0, 0.1) is 12.7 Å². The van der Waals surface area contributed by atoms with Crippen molar-refractivity contribution < 1.29 is 9.13 Å². The average Bonchev–Trinajstić information content (AvgIpc) is 2.99. The Kier molecular flexibility index (Phi) is 3.33. The van der Waals surface area contributed by atoms with E-state index in [0.717, 1.165) is 24.5 Å². The molecule has 0 atom stereocenters. The van der Waals surface area contributed by atoms with Crippen LogP contribution in [0.1, 0.15) is 11.4 Å². The molecule has 0 aromatic carbocycles. The molecule has 0 aliphatic heterocycles. The lowest BCUT2D eigenvalue weighted by molar-refractivity contribution is -0.692. The second-order valence-electron chi connectivity index (χ2n) is 4.89. The molecular weight excluding hydrogens is 250 g/mol. The van der Waals surface area contributed by atoms with Crippen molar-refractivity contribution in [2.75, 3.05) is 0 Å². The third-order valence-electron chi connectivity index (χ3n) is 3.04. The summed E-state index contributed by atoms with van der Waals surface area (Å²) >= 11 is 0. The number of nitrogens with zero attached hydrogens (tertiary/aromatic N) is 5. The van der Waals surface area contributed by atoms with E-state index in [1.807, 2.05) is 75.4 Å². The summed E-state index contributed by atoms with van der Waals surface area (Å²) in [7, 11) is 3.92. The highest BCUT2D eigenvalue weighted by molar-refractivity contribution is 5.10. The van der Waals surface area contributed by atoms with Gasteiger partial charge in [-0.1, -0.05) is 6.07 Å². The molecule has 3 heterocycles. The van der Waals surface area contributed by atoms with Crippen molar-refractivity contribution in [3.05, 3.63) is 67.0 Å². The van der Waals surface area contributed by atoms with Crippen LogP contribution in [0.2, 0.25) is 0 Å². The van der Waals surface area contributed by atoms with E-state index in [9.17, 15) is 0 Å². The number of aromatic nitrogens is 5. The van der Waals surface area contributed by atoms with E-state index in [2.05, 4.69) is 17.6 Å². The Morgan fingerprint density at radius 1 is 1.15 bits per heavy atom. The summed E-state index contributed by atoms with van der Waals surface area (Å²) in [5.41, 5.74) is 2.07. The van der Waals surface area contributed by atoms with E-state index in [4.69, 9.17) is 0 Å². The monoisotopic (exact) mass is 267 g/mol. The number of pyridine rings is 1. The van der Waals surface area contributed by atoms with Crippen molar-refractivity contribution >= 4 is 0 Å². The van der Waals surface area contributed by atoms with Crippen LogP contribution in [-0.4, -0.2) is 14.1 Å². The van der Waals surface area contributed by atoms with Crippen LogP contribution in [0.15, 0.2) is 43.0 Å². The van der Waals surface area contributed by atoms with Crippen molar-refractivity contribution in [1.29, 1.82) is 0 Å². The fourth-order valence-electron chi connectivity index (χ4n) is 2.13. The minimum atomic E-state index is 0.734. The van der Waals surface area contributed by atoms with E-state index in [1.165, 1.54) is 0 Å². The Balaban J connectivity index is 1.75. The maximum Gasteiger partial charge on any atom is 0.204 e. The van der Waals surface area contributed by atoms with Gasteiger partial charge in [-0.15, -0.1) is 0 Å². The maximum absolute atomic E-state index is 4.68. The molecule has 5 nitrogen and oxygen atoms in total. The topological polar surface area (TPSA) is 30.5 Å². The molecule has 0 amide bonds. The highest BCUT2D eigenvalue weighted by Gasteiger charge is 2.02. The third-order valence-corrected chi connectivity index (χ3v) is 3.04. The molecule has 20 heavy (non-hydrogen) atoms. The molecule has 102 valence electrons. The van der Waals surface area contributed by atoms with Crippen LogP contribution >= 0.6 is 0 Å². The van der Waals surface area contributed by atoms with Crippen LogP contribution in [0.4, 0.5) is 0 Å². The Labute approximate surface area is 118 Å².